The van der Waals surface area contributed by atoms with E-state index in [1.807, 2.05) is 0 Å². The van der Waals surface area contributed by atoms with Crippen molar-refractivity contribution in [1.82, 2.24) is 10.3 Å². The number of para-hydroxylation sites is 1. The van der Waals surface area contributed by atoms with E-state index in [2.05, 4.69) is 55.3 Å². The van der Waals surface area contributed by atoms with E-state index in [9.17, 15) is 9.18 Å². The molecule has 1 amide bonds. The standard InChI is InChI=1S/C23H25FN2O/c1-14-20(17-6-4-5-7-19(17)26-14)21-18(23(21,2)3)12-13-25-22(27)15-8-10-16(24)11-9-15/h4-11,18,21,26H,12-13H2,1-3H3,(H,25,27)/t18-,21+/m0/s1. The number of hydrogen-bond acceptors (Lipinski definition) is 1. The molecule has 1 aromatic heterocycles. The molecule has 3 nitrogen and oxygen atoms in total. The zero-order chi connectivity index (χ0) is 19.2. The number of halogens is 1. The number of carbonyl (C=O) groups is 1. The summed E-state index contributed by atoms with van der Waals surface area (Å²) in [7, 11) is 0. The Morgan fingerprint density at radius 2 is 1.85 bits per heavy atom. The van der Waals surface area contributed by atoms with Crippen molar-refractivity contribution in [3.63, 3.8) is 0 Å². The number of aryl methyl sites for hydroxylation is 1. The van der Waals surface area contributed by atoms with E-state index in [-0.39, 0.29) is 17.1 Å². The van der Waals surface area contributed by atoms with Gasteiger partial charge in [0.05, 0.1) is 0 Å². The SMILES string of the molecule is Cc1[nH]c2ccccc2c1[C@H]1[C@H](CCNC(=O)c2ccc(F)cc2)C1(C)C. The monoisotopic (exact) mass is 364 g/mol. The lowest BCUT2D eigenvalue weighted by Gasteiger charge is -2.06. The largest absolute Gasteiger partial charge is 0.358 e. The van der Waals surface area contributed by atoms with Gasteiger partial charge in [-0.15, -0.1) is 0 Å². The van der Waals surface area contributed by atoms with Crippen molar-refractivity contribution in [2.45, 2.75) is 33.1 Å². The first kappa shape index (κ1) is 17.8. The second-order valence-electron chi connectivity index (χ2n) is 8.17. The van der Waals surface area contributed by atoms with Gasteiger partial charge in [0, 0.05) is 28.7 Å². The summed E-state index contributed by atoms with van der Waals surface area (Å²) in [6, 6.07) is 14.1. The van der Waals surface area contributed by atoms with Crippen LogP contribution in [0, 0.1) is 24.1 Å². The normalized spacial score (nSPS) is 20.6. The smallest absolute Gasteiger partial charge is 0.251 e. The number of nitrogens with one attached hydrogen (secondary N) is 2. The quantitative estimate of drug-likeness (QED) is 0.644. The van der Waals surface area contributed by atoms with Gasteiger partial charge in [0.2, 0.25) is 0 Å². The van der Waals surface area contributed by atoms with Crippen LogP contribution in [0.1, 0.15) is 47.8 Å². The van der Waals surface area contributed by atoms with E-state index in [4.69, 9.17) is 0 Å². The van der Waals surface area contributed by atoms with Crippen molar-refractivity contribution in [1.29, 1.82) is 0 Å². The first-order valence-electron chi connectivity index (χ1n) is 9.50. The molecular formula is C23H25FN2O. The number of hydrogen-bond donors (Lipinski definition) is 2. The molecular weight excluding hydrogens is 339 g/mol. The highest BCUT2D eigenvalue weighted by atomic mass is 19.1. The maximum atomic E-state index is 13.0. The molecule has 140 valence electrons. The van der Waals surface area contributed by atoms with Gasteiger partial charge in [-0.05, 0) is 66.5 Å². The number of aromatic amines is 1. The third-order valence-electron chi connectivity index (χ3n) is 6.15. The van der Waals surface area contributed by atoms with Crippen molar-refractivity contribution in [2.24, 2.45) is 11.3 Å². The summed E-state index contributed by atoms with van der Waals surface area (Å²) in [5.74, 6) is 0.553. The molecule has 0 bridgehead atoms. The number of fused-ring (bicyclic) bond motifs is 1. The number of carbonyl (C=O) groups excluding carboxylic acids is 1. The molecule has 2 N–H and O–H groups in total. The number of benzene rings is 2. The van der Waals surface area contributed by atoms with Crippen molar-refractivity contribution in [3.8, 4) is 0 Å². The molecule has 0 saturated heterocycles. The molecule has 27 heavy (non-hydrogen) atoms. The Labute approximate surface area is 159 Å². The summed E-state index contributed by atoms with van der Waals surface area (Å²) >= 11 is 0. The molecule has 4 heteroatoms. The average molecular weight is 364 g/mol. The van der Waals surface area contributed by atoms with Crippen LogP contribution in [0.25, 0.3) is 10.9 Å². The van der Waals surface area contributed by atoms with E-state index in [1.165, 1.54) is 46.4 Å². The van der Waals surface area contributed by atoms with Gasteiger partial charge in [0.1, 0.15) is 5.82 Å². The Hall–Kier alpha value is -2.62. The molecule has 0 unspecified atom stereocenters. The first-order valence-corrected chi connectivity index (χ1v) is 9.50. The van der Waals surface area contributed by atoms with Crippen molar-refractivity contribution in [3.05, 3.63) is 71.2 Å². The molecule has 1 aliphatic rings. The van der Waals surface area contributed by atoms with Crippen LogP contribution in [0.15, 0.2) is 48.5 Å². The van der Waals surface area contributed by atoms with Crippen molar-refractivity contribution in [2.75, 3.05) is 6.54 Å². The molecule has 1 fully saturated rings. The van der Waals surface area contributed by atoms with Crippen LogP contribution in [0.2, 0.25) is 0 Å². The fourth-order valence-electron chi connectivity index (χ4n) is 4.60. The molecule has 1 aliphatic carbocycles. The summed E-state index contributed by atoms with van der Waals surface area (Å²) in [5.41, 5.74) is 4.57. The minimum Gasteiger partial charge on any atom is -0.358 e. The Bertz CT molecular complexity index is 987. The molecule has 1 heterocycles. The lowest BCUT2D eigenvalue weighted by molar-refractivity contribution is 0.0952. The summed E-state index contributed by atoms with van der Waals surface area (Å²) in [5, 5.41) is 4.29. The number of aromatic nitrogens is 1. The zero-order valence-electron chi connectivity index (χ0n) is 16.0. The number of amides is 1. The Morgan fingerprint density at radius 3 is 2.59 bits per heavy atom. The number of rotatable bonds is 5. The zero-order valence-corrected chi connectivity index (χ0v) is 16.0. The molecule has 0 aliphatic heterocycles. The van der Waals surface area contributed by atoms with Gasteiger partial charge in [-0.1, -0.05) is 32.0 Å². The van der Waals surface area contributed by atoms with Gasteiger partial charge in [-0.3, -0.25) is 4.79 Å². The minimum atomic E-state index is -0.330. The summed E-state index contributed by atoms with van der Waals surface area (Å²) in [6.07, 6.45) is 0.934. The molecule has 1 saturated carbocycles. The van der Waals surface area contributed by atoms with Crippen molar-refractivity contribution >= 4 is 16.8 Å². The van der Waals surface area contributed by atoms with Crippen LogP contribution >= 0.6 is 0 Å². The van der Waals surface area contributed by atoms with Crippen LogP contribution < -0.4 is 5.32 Å². The first-order chi connectivity index (χ1) is 12.9. The summed E-state index contributed by atoms with van der Waals surface area (Å²) in [4.78, 5) is 15.7. The summed E-state index contributed by atoms with van der Waals surface area (Å²) in [6.45, 7) is 7.40. The fourth-order valence-corrected chi connectivity index (χ4v) is 4.60. The molecule has 2 aromatic carbocycles. The summed E-state index contributed by atoms with van der Waals surface area (Å²) < 4.78 is 13.0. The predicted octanol–water partition coefficient (Wildman–Crippen LogP) is 5.18. The van der Waals surface area contributed by atoms with Gasteiger partial charge in [0.25, 0.3) is 5.91 Å². The average Bonchev–Trinajstić information content (AvgIpc) is 3.00. The highest BCUT2D eigenvalue weighted by Gasteiger charge is 2.58. The third-order valence-corrected chi connectivity index (χ3v) is 6.15. The molecule has 2 atom stereocenters. The van der Waals surface area contributed by atoms with E-state index in [0.29, 0.717) is 23.9 Å². The van der Waals surface area contributed by atoms with Crippen LogP contribution in [-0.2, 0) is 0 Å². The van der Waals surface area contributed by atoms with Crippen LogP contribution in [0.3, 0.4) is 0 Å². The van der Waals surface area contributed by atoms with Gasteiger partial charge < -0.3 is 10.3 Å². The Balaban J connectivity index is 1.43. The second-order valence-corrected chi connectivity index (χ2v) is 8.17. The highest BCUT2D eigenvalue weighted by Crippen LogP contribution is 2.67. The fraction of sp³-hybridized carbons (Fsp3) is 0.348. The lowest BCUT2D eigenvalue weighted by Crippen LogP contribution is -2.25. The minimum absolute atomic E-state index is 0.145. The van der Waals surface area contributed by atoms with Crippen LogP contribution in [0.5, 0.6) is 0 Å². The van der Waals surface area contributed by atoms with Crippen LogP contribution in [-0.4, -0.2) is 17.4 Å². The number of H-pyrrole nitrogens is 1. The predicted molar refractivity (Wildman–Crippen MR) is 106 cm³/mol. The Morgan fingerprint density at radius 1 is 1.15 bits per heavy atom. The van der Waals surface area contributed by atoms with Crippen molar-refractivity contribution < 1.29 is 9.18 Å². The second kappa shape index (κ2) is 6.52. The maximum absolute atomic E-state index is 13.0. The molecule has 3 aromatic rings. The van der Waals surface area contributed by atoms with Gasteiger partial charge in [0.15, 0.2) is 0 Å². The van der Waals surface area contributed by atoms with E-state index >= 15 is 0 Å². The molecule has 0 spiro atoms. The van der Waals surface area contributed by atoms with E-state index in [1.54, 1.807) is 0 Å². The molecule has 0 radical (unpaired) electrons. The topological polar surface area (TPSA) is 44.9 Å². The highest BCUT2D eigenvalue weighted by molar-refractivity contribution is 5.94. The van der Waals surface area contributed by atoms with E-state index in [0.717, 1.165) is 6.42 Å². The third kappa shape index (κ3) is 3.14. The van der Waals surface area contributed by atoms with E-state index < -0.39 is 0 Å². The van der Waals surface area contributed by atoms with Crippen LogP contribution in [0.4, 0.5) is 4.39 Å². The molecule has 4 rings (SSSR count). The Kier molecular flexibility index (Phi) is 4.29. The van der Waals surface area contributed by atoms with Gasteiger partial charge in [-0.25, -0.2) is 4.39 Å². The van der Waals surface area contributed by atoms with Gasteiger partial charge >= 0.3 is 0 Å². The van der Waals surface area contributed by atoms with Gasteiger partial charge in [-0.2, -0.15) is 0 Å². The maximum Gasteiger partial charge on any atom is 0.251 e. The lowest BCUT2D eigenvalue weighted by atomic mass is 10.0.